The lowest BCUT2D eigenvalue weighted by atomic mass is 10.1. The van der Waals surface area contributed by atoms with Gasteiger partial charge < -0.3 is 4.74 Å². The van der Waals surface area contributed by atoms with Crippen LogP contribution in [0.15, 0.2) is 46.0 Å². The van der Waals surface area contributed by atoms with E-state index in [0.29, 0.717) is 12.2 Å². The Morgan fingerprint density at radius 2 is 1.57 bits per heavy atom. The molecule has 1 aromatic heterocycles. The van der Waals surface area contributed by atoms with Gasteiger partial charge in [0.25, 0.3) is 5.56 Å². The Balaban J connectivity index is 2.03. The Kier molecular flexibility index (Phi) is 5.44. The molecule has 0 spiro atoms. The second-order valence-electron chi connectivity index (χ2n) is 6.69. The Morgan fingerprint density at radius 3 is 2.14 bits per heavy atom. The number of ether oxygens (including phenoxy) is 1. The van der Waals surface area contributed by atoms with Crippen molar-refractivity contribution in [2.24, 2.45) is 0 Å². The molecule has 0 aliphatic carbocycles. The third-order valence-corrected chi connectivity index (χ3v) is 4.27. The monoisotopic (exact) mass is 386 g/mol. The lowest BCUT2D eigenvalue weighted by molar-refractivity contribution is 0.444. The van der Waals surface area contributed by atoms with Crippen LogP contribution in [0.4, 0.5) is 8.78 Å². The first-order valence-corrected chi connectivity index (χ1v) is 8.84. The van der Waals surface area contributed by atoms with Crippen LogP contribution in [0.3, 0.4) is 0 Å². The standard InChI is InChI=1S/C21H20F2N2O3/c1-4-18-19(28-17-6-12(2)5-13(3)7-17)24-21(27)25(20(18)26)11-14-8-15(22)10-16(23)9-14/h5-10H,4,11H2,1-3H3,(H,24,27). The number of halogens is 2. The summed E-state index contributed by atoms with van der Waals surface area (Å²) in [6.45, 7) is 5.34. The highest BCUT2D eigenvalue weighted by Gasteiger charge is 2.16. The molecule has 5 nitrogen and oxygen atoms in total. The van der Waals surface area contributed by atoms with E-state index in [2.05, 4.69) is 4.98 Å². The molecule has 7 heteroatoms. The van der Waals surface area contributed by atoms with E-state index < -0.39 is 22.9 Å². The predicted molar refractivity (Wildman–Crippen MR) is 102 cm³/mol. The number of hydrogen-bond donors (Lipinski definition) is 1. The molecule has 0 atom stereocenters. The van der Waals surface area contributed by atoms with E-state index in [0.717, 1.165) is 33.9 Å². The van der Waals surface area contributed by atoms with Crippen LogP contribution < -0.4 is 16.0 Å². The fraction of sp³-hybridized carbons (Fsp3) is 0.238. The lowest BCUT2D eigenvalue weighted by Crippen LogP contribution is -2.37. The first-order chi connectivity index (χ1) is 13.3. The Bertz CT molecular complexity index is 1110. The molecule has 0 radical (unpaired) electrons. The third kappa shape index (κ3) is 4.19. The van der Waals surface area contributed by atoms with Gasteiger partial charge in [0, 0.05) is 6.07 Å². The number of aryl methyl sites for hydroxylation is 2. The van der Waals surface area contributed by atoms with Gasteiger partial charge in [-0.15, -0.1) is 0 Å². The van der Waals surface area contributed by atoms with Gasteiger partial charge in [0.05, 0.1) is 12.1 Å². The van der Waals surface area contributed by atoms with Crippen LogP contribution in [0.5, 0.6) is 11.6 Å². The van der Waals surface area contributed by atoms with Gasteiger partial charge in [-0.2, -0.15) is 0 Å². The van der Waals surface area contributed by atoms with Gasteiger partial charge in [0.15, 0.2) is 0 Å². The molecule has 0 bridgehead atoms. The van der Waals surface area contributed by atoms with Crippen LogP contribution in [0, 0.1) is 25.5 Å². The van der Waals surface area contributed by atoms with Gasteiger partial charge in [-0.25, -0.2) is 13.6 Å². The number of benzene rings is 2. The number of nitrogens with zero attached hydrogens (tertiary/aromatic N) is 1. The molecular weight excluding hydrogens is 366 g/mol. The Labute approximate surface area is 160 Å². The first-order valence-electron chi connectivity index (χ1n) is 8.84. The Morgan fingerprint density at radius 1 is 0.964 bits per heavy atom. The largest absolute Gasteiger partial charge is 0.440 e. The average molecular weight is 386 g/mol. The van der Waals surface area contributed by atoms with Gasteiger partial charge >= 0.3 is 5.69 Å². The van der Waals surface area contributed by atoms with Crippen LogP contribution in [0.1, 0.15) is 29.2 Å². The number of aromatic nitrogens is 2. The van der Waals surface area contributed by atoms with Crippen molar-refractivity contribution in [3.63, 3.8) is 0 Å². The van der Waals surface area contributed by atoms with Crippen molar-refractivity contribution in [3.8, 4) is 11.6 Å². The molecule has 0 unspecified atom stereocenters. The molecule has 0 fully saturated rings. The summed E-state index contributed by atoms with van der Waals surface area (Å²) in [6, 6.07) is 8.47. The van der Waals surface area contributed by atoms with E-state index >= 15 is 0 Å². The van der Waals surface area contributed by atoms with Crippen LogP contribution in [0.2, 0.25) is 0 Å². The average Bonchev–Trinajstić information content (AvgIpc) is 2.57. The van der Waals surface area contributed by atoms with Crippen LogP contribution >= 0.6 is 0 Å². The van der Waals surface area contributed by atoms with Gasteiger partial charge in [-0.1, -0.05) is 13.0 Å². The summed E-state index contributed by atoms with van der Waals surface area (Å²) in [5.74, 6) is -0.966. The molecule has 146 valence electrons. The van der Waals surface area contributed by atoms with Crippen LogP contribution in [0.25, 0.3) is 0 Å². The van der Waals surface area contributed by atoms with Gasteiger partial charge in [-0.05, 0) is 61.2 Å². The minimum Gasteiger partial charge on any atom is -0.440 e. The summed E-state index contributed by atoms with van der Waals surface area (Å²) < 4.78 is 33.5. The quantitative estimate of drug-likeness (QED) is 0.725. The van der Waals surface area contributed by atoms with Crippen LogP contribution in [-0.4, -0.2) is 9.55 Å². The first kappa shape index (κ1) is 19.5. The molecule has 3 rings (SSSR count). The minimum absolute atomic E-state index is 0.0733. The van der Waals surface area contributed by atoms with Crippen molar-refractivity contribution in [1.29, 1.82) is 0 Å². The SMILES string of the molecule is CCc1c(Oc2cc(C)cc(C)c2)[nH]c(=O)n(Cc2cc(F)cc(F)c2)c1=O. The van der Waals surface area contributed by atoms with E-state index in [1.165, 1.54) is 0 Å². The number of nitrogens with one attached hydrogen (secondary N) is 1. The highest BCUT2D eigenvalue weighted by Crippen LogP contribution is 2.23. The van der Waals surface area contributed by atoms with Crippen molar-refractivity contribution in [1.82, 2.24) is 9.55 Å². The number of hydrogen-bond acceptors (Lipinski definition) is 3. The number of rotatable bonds is 5. The minimum atomic E-state index is -0.773. The smallest absolute Gasteiger partial charge is 0.331 e. The second-order valence-corrected chi connectivity index (χ2v) is 6.69. The van der Waals surface area contributed by atoms with Crippen molar-refractivity contribution in [3.05, 3.63) is 91.1 Å². The molecule has 0 aliphatic rings. The maximum atomic E-state index is 13.4. The molecule has 3 aromatic rings. The molecule has 28 heavy (non-hydrogen) atoms. The van der Waals surface area contributed by atoms with E-state index in [1.807, 2.05) is 19.9 Å². The number of H-pyrrole nitrogens is 1. The fourth-order valence-corrected chi connectivity index (χ4v) is 3.13. The second kappa shape index (κ2) is 7.80. The van der Waals surface area contributed by atoms with E-state index in [9.17, 15) is 18.4 Å². The summed E-state index contributed by atoms with van der Waals surface area (Å²) >= 11 is 0. The van der Waals surface area contributed by atoms with E-state index in [-0.39, 0.29) is 23.6 Å². The predicted octanol–water partition coefficient (Wildman–Crippen LogP) is 3.83. The van der Waals surface area contributed by atoms with E-state index in [4.69, 9.17) is 4.74 Å². The topological polar surface area (TPSA) is 64.1 Å². The summed E-state index contributed by atoms with van der Waals surface area (Å²) in [4.78, 5) is 27.9. The van der Waals surface area contributed by atoms with Crippen molar-refractivity contribution >= 4 is 0 Å². The summed E-state index contributed by atoms with van der Waals surface area (Å²) in [7, 11) is 0. The maximum Gasteiger partial charge on any atom is 0.331 e. The van der Waals surface area contributed by atoms with Gasteiger partial charge in [0.2, 0.25) is 5.88 Å². The summed E-state index contributed by atoms with van der Waals surface area (Å²) in [6.07, 6.45) is 0.313. The van der Waals surface area contributed by atoms with Gasteiger partial charge in [0.1, 0.15) is 17.4 Å². The molecule has 0 aliphatic heterocycles. The Hall–Kier alpha value is -3.22. The van der Waals surface area contributed by atoms with Crippen molar-refractivity contribution in [2.45, 2.75) is 33.7 Å². The highest BCUT2D eigenvalue weighted by molar-refractivity contribution is 5.37. The summed E-state index contributed by atoms with van der Waals surface area (Å²) in [5.41, 5.74) is 1.14. The third-order valence-electron chi connectivity index (χ3n) is 4.27. The number of aromatic amines is 1. The zero-order valence-electron chi connectivity index (χ0n) is 15.8. The molecule has 0 amide bonds. The molecular formula is C21H20F2N2O3. The molecule has 2 aromatic carbocycles. The molecule has 0 saturated carbocycles. The van der Waals surface area contributed by atoms with E-state index in [1.54, 1.807) is 19.1 Å². The van der Waals surface area contributed by atoms with Crippen LogP contribution in [-0.2, 0) is 13.0 Å². The fourth-order valence-electron chi connectivity index (χ4n) is 3.13. The lowest BCUT2D eigenvalue weighted by Gasteiger charge is -2.13. The van der Waals surface area contributed by atoms with Crippen molar-refractivity contribution in [2.75, 3.05) is 0 Å². The zero-order chi connectivity index (χ0) is 20.4. The summed E-state index contributed by atoms with van der Waals surface area (Å²) in [5, 5.41) is 0. The normalized spacial score (nSPS) is 10.9. The highest BCUT2D eigenvalue weighted by atomic mass is 19.1. The molecule has 0 saturated heterocycles. The molecule has 1 N–H and O–H groups in total. The molecule has 1 heterocycles. The van der Waals surface area contributed by atoms with Gasteiger partial charge in [-0.3, -0.25) is 14.3 Å². The van der Waals surface area contributed by atoms with Crippen molar-refractivity contribution < 1.29 is 13.5 Å². The maximum absolute atomic E-state index is 13.4. The zero-order valence-corrected chi connectivity index (χ0v) is 15.8.